The van der Waals surface area contributed by atoms with E-state index in [1.54, 1.807) is 12.4 Å². The predicted molar refractivity (Wildman–Crippen MR) is 133 cm³/mol. The van der Waals surface area contributed by atoms with Crippen molar-refractivity contribution in [1.29, 1.82) is 0 Å². The second-order valence-corrected chi connectivity index (χ2v) is 7.45. The summed E-state index contributed by atoms with van der Waals surface area (Å²) in [7, 11) is 0. The van der Waals surface area contributed by atoms with Crippen molar-refractivity contribution in [3.05, 3.63) is 71.2 Å². The van der Waals surface area contributed by atoms with Gasteiger partial charge in [0.1, 0.15) is 5.65 Å². The van der Waals surface area contributed by atoms with E-state index in [0.717, 1.165) is 54.2 Å². The third-order valence-electron chi connectivity index (χ3n) is 4.99. The van der Waals surface area contributed by atoms with Crippen molar-refractivity contribution < 1.29 is 0 Å². The number of hydrogen-bond acceptors (Lipinski definition) is 9. The maximum absolute atomic E-state index is 4.65. The van der Waals surface area contributed by atoms with Gasteiger partial charge in [0.2, 0.25) is 11.9 Å². The van der Waals surface area contributed by atoms with Crippen molar-refractivity contribution >= 4 is 42.1 Å². The van der Waals surface area contributed by atoms with Crippen LogP contribution in [0.25, 0.3) is 17.8 Å². The zero-order valence-electron chi connectivity index (χ0n) is 17.9. The van der Waals surface area contributed by atoms with Gasteiger partial charge in [0.25, 0.3) is 0 Å². The predicted octanol–water partition coefficient (Wildman–Crippen LogP) is 1.27. The van der Waals surface area contributed by atoms with Crippen LogP contribution in [0.1, 0.15) is 22.4 Å². The van der Waals surface area contributed by atoms with Crippen LogP contribution in [-0.4, -0.2) is 59.9 Å². The Kier molecular flexibility index (Phi) is 6.05. The number of pyridine rings is 1. The van der Waals surface area contributed by atoms with Crippen molar-refractivity contribution in [2.24, 2.45) is 20.2 Å². The summed E-state index contributed by atoms with van der Waals surface area (Å²) in [4.78, 5) is 13.1. The van der Waals surface area contributed by atoms with Gasteiger partial charge >= 0.3 is 0 Å². The van der Waals surface area contributed by atoms with Crippen molar-refractivity contribution in [2.75, 3.05) is 26.2 Å². The molecule has 0 fully saturated rings. The Morgan fingerprint density at radius 3 is 2.06 bits per heavy atom. The number of benzene rings is 1. The summed E-state index contributed by atoms with van der Waals surface area (Å²) in [6, 6.07) is 12.1. The highest BCUT2D eigenvalue weighted by atomic mass is 15.4. The van der Waals surface area contributed by atoms with E-state index in [4.69, 9.17) is 0 Å². The van der Waals surface area contributed by atoms with E-state index in [2.05, 4.69) is 46.7 Å². The quantitative estimate of drug-likeness (QED) is 0.340. The molecule has 10 nitrogen and oxygen atoms in total. The number of imidazole rings is 1. The number of fused-ring (bicyclic) bond motifs is 1. The lowest BCUT2D eigenvalue weighted by molar-refractivity contribution is 0.919. The monoisotopic (exact) mass is 440 g/mol. The van der Waals surface area contributed by atoms with Crippen molar-refractivity contribution in [3.63, 3.8) is 0 Å². The van der Waals surface area contributed by atoms with Crippen LogP contribution in [0.4, 0.5) is 0 Å². The zero-order chi connectivity index (χ0) is 22.3. The van der Waals surface area contributed by atoms with Gasteiger partial charge in [0.05, 0.1) is 31.2 Å². The Balaban J connectivity index is 1.19. The lowest BCUT2D eigenvalue weighted by atomic mass is 10.1. The summed E-state index contributed by atoms with van der Waals surface area (Å²) in [6.45, 7) is 3.26. The van der Waals surface area contributed by atoms with Crippen LogP contribution in [0, 0.1) is 0 Å². The molecule has 166 valence electrons. The fraction of sp³-hybridized carbons (Fsp3) is 0.174. The highest BCUT2D eigenvalue weighted by Crippen LogP contribution is 2.11. The second-order valence-electron chi connectivity index (χ2n) is 7.45. The molecule has 0 spiro atoms. The maximum atomic E-state index is 4.65. The van der Waals surface area contributed by atoms with Gasteiger partial charge in [0, 0.05) is 31.0 Å². The third kappa shape index (κ3) is 5.42. The van der Waals surface area contributed by atoms with E-state index < -0.39 is 0 Å². The van der Waals surface area contributed by atoms with Crippen LogP contribution in [0.2, 0.25) is 0 Å². The van der Waals surface area contributed by atoms with Crippen molar-refractivity contribution in [3.8, 4) is 0 Å². The first-order valence-electron chi connectivity index (χ1n) is 10.7. The van der Waals surface area contributed by atoms with Crippen molar-refractivity contribution in [2.45, 2.75) is 0 Å². The average molecular weight is 441 g/mol. The number of aliphatic imine (C=N–C) groups is 2. The molecule has 4 heterocycles. The van der Waals surface area contributed by atoms with Crippen LogP contribution < -0.4 is 21.5 Å². The fourth-order valence-corrected chi connectivity index (χ4v) is 3.34. The highest BCUT2D eigenvalue weighted by molar-refractivity contribution is 5.85. The molecular weight excluding hydrogens is 416 g/mol. The molecule has 0 saturated carbocycles. The van der Waals surface area contributed by atoms with E-state index in [9.17, 15) is 0 Å². The van der Waals surface area contributed by atoms with Crippen LogP contribution >= 0.6 is 0 Å². The summed E-state index contributed by atoms with van der Waals surface area (Å²) < 4.78 is 1.99. The molecule has 33 heavy (non-hydrogen) atoms. The molecule has 1 aromatic carbocycles. The molecule has 0 amide bonds. The Hall–Kier alpha value is -4.47. The molecule has 0 saturated heterocycles. The molecule has 2 aliphatic heterocycles. The summed E-state index contributed by atoms with van der Waals surface area (Å²) in [5, 5.41) is 14.6. The van der Waals surface area contributed by atoms with E-state index in [-0.39, 0.29) is 0 Å². The number of nitrogens with zero attached hydrogens (tertiary/aromatic N) is 6. The Morgan fingerprint density at radius 2 is 1.39 bits per heavy atom. The Labute approximate surface area is 190 Å². The number of guanidine groups is 2. The minimum atomic E-state index is 0.704. The third-order valence-corrected chi connectivity index (χ3v) is 4.99. The van der Waals surface area contributed by atoms with Gasteiger partial charge in [-0.2, -0.15) is 10.2 Å². The van der Waals surface area contributed by atoms with Crippen LogP contribution in [-0.2, 0) is 0 Å². The SMILES string of the molecule is C(=NNC1=NCCN1)c1ccc(/C=C/c2cn3cc(C=NNC4=NCCN4)ccc3n2)cc1. The summed E-state index contributed by atoms with van der Waals surface area (Å²) in [5.74, 6) is 1.42. The van der Waals surface area contributed by atoms with Gasteiger partial charge in [-0.05, 0) is 29.3 Å². The largest absolute Gasteiger partial charge is 0.353 e. The zero-order valence-corrected chi connectivity index (χ0v) is 17.9. The van der Waals surface area contributed by atoms with Crippen molar-refractivity contribution in [1.82, 2.24) is 30.9 Å². The van der Waals surface area contributed by atoms with Gasteiger partial charge in [-0.1, -0.05) is 30.3 Å². The lowest BCUT2D eigenvalue weighted by Crippen LogP contribution is -2.30. The molecule has 0 unspecified atom stereocenters. The summed E-state index contributed by atoms with van der Waals surface area (Å²) in [5.41, 5.74) is 10.6. The fourth-order valence-electron chi connectivity index (χ4n) is 3.34. The van der Waals surface area contributed by atoms with E-state index in [1.165, 1.54) is 0 Å². The van der Waals surface area contributed by atoms with Gasteiger partial charge < -0.3 is 15.0 Å². The molecule has 10 heteroatoms. The first-order chi connectivity index (χ1) is 16.3. The van der Waals surface area contributed by atoms with Gasteiger partial charge in [-0.25, -0.2) is 25.8 Å². The number of hydrazone groups is 2. The second kappa shape index (κ2) is 9.77. The highest BCUT2D eigenvalue weighted by Gasteiger charge is 2.03. The van der Waals surface area contributed by atoms with E-state index in [1.807, 2.05) is 65.3 Å². The van der Waals surface area contributed by atoms with E-state index >= 15 is 0 Å². The molecule has 2 aliphatic rings. The minimum absolute atomic E-state index is 0.704. The van der Waals surface area contributed by atoms with Crippen LogP contribution in [0.15, 0.2) is 69.0 Å². The van der Waals surface area contributed by atoms with Gasteiger partial charge in [-0.15, -0.1) is 0 Å². The summed E-state index contributed by atoms with van der Waals surface area (Å²) in [6.07, 6.45) is 11.6. The molecule has 0 bridgehead atoms. The van der Waals surface area contributed by atoms with Gasteiger partial charge in [0.15, 0.2) is 0 Å². The first kappa shape index (κ1) is 20.4. The molecule has 0 aliphatic carbocycles. The summed E-state index contributed by atoms with van der Waals surface area (Å²) >= 11 is 0. The topological polar surface area (TPSA) is 115 Å². The molecule has 3 aromatic rings. The van der Waals surface area contributed by atoms with E-state index in [0.29, 0.717) is 11.9 Å². The molecule has 4 N–H and O–H groups in total. The number of nitrogens with one attached hydrogen (secondary N) is 4. The number of hydrogen-bond donors (Lipinski definition) is 4. The number of aromatic nitrogens is 2. The normalized spacial score (nSPS) is 15.9. The first-order valence-corrected chi connectivity index (χ1v) is 10.7. The minimum Gasteiger partial charge on any atom is -0.353 e. The van der Waals surface area contributed by atoms with Crippen LogP contribution in [0.5, 0.6) is 0 Å². The standard InChI is InChI=1S/C23H24N10/c1-3-18(13-28-31-22-24-9-10-25-22)4-2-17(1)5-7-20-16-33-15-19(6-8-21(33)30-20)14-29-32-23-26-11-12-27-23/h1-8,13-16H,9-12H2,(H2,24,25,31)(H2,26,27,32)/b7-5+,28-13?,29-14?. The Bertz CT molecular complexity index is 1260. The molecule has 2 aromatic heterocycles. The smallest absolute Gasteiger partial charge is 0.212 e. The molecular formula is C23H24N10. The Morgan fingerprint density at radius 1 is 0.758 bits per heavy atom. The molecule has 5 rings (SSSR count). The average Bonchev–Trinajstić information content (AvgIpc) is 3.60. The lowest BCUT2D eigenvalue weighted by Gasteiger charge is -1.99. The van der Waals surface area contributed by atoms with Gasteiger partial charge in [-0.3, -0.25) is 0 Å². The molecule has 0 atom stereocenters. The maximum Gasteiger partial charge on any atom is 0.212 e. The molecule has 0 radical (unpaired) electrons. The number of rotatable bonds is 6. The van der Waals surface area contributed by atoms with Crippen LogP contribution in [0.3, 0.4) is 0 Å².